The average Bonchev–Trinajstić information content (AvgIpc) is 2.79. The van der Waals surface area contributed by atoms with Gasteiger partial charge in [-0.25, -0.2) is 0 Å². The van der Waals surface area contributed by atoms with E-state index in [1.54, 1.807) is 0 Å². The van der Waals surface area contributed by atoms with E-state index in [4.69, 9.17) is 0 Å². The number of nitrogens with zero attached hydrogens (tertiary/aromatic N) is 2. The molecule has 4 nitrogen and oxygen atoms in total. The van der Waals surface area contributed by atoms with E-state index in [2.05, 4.69) is 0 Å². The predicted octanol–water partition coefficient (Wildman–Crippen LogP) is 1.90. The van der Waals surface area contributed by atoms with Crippen LogP contribution >= 0.6 is 0 Å². The maximum Gasteiger partial charge on any atom is 0.416 e. The highest BCUT2D eigenvalue weighted by molar-refractivity contribution is 6.00. The third-order valence-electron chi connectivity index (χ3n) is 3.32. The van der Waals surface area contributed by atoms with Crippen LogP contribution in [0, 0.1) is 0 Å². The van der Waals surface area contributed by atoms with Gasteiger partial charge in [-0.2, -0.15) is 13.2 Å². The Morgan fingerprint density at radius 1 is 1.40 bits per heavy atom. The zero-order chi connectivity index (χ0) is 14.9. The number of likely N-dealkylation sites (N-methyl/N-ethyl adjacent to an activating group) is 1. The van der Waals surface area contributed by atoms with Gasteiger partial charge in [-0.05, 0) is 24.6 Å². The SMILES string of the molecule is CN(C=O)C1CCN(c2cccc(C(F)(F)F)c2)C1=O. The summed E-state index contributed by atoms with van der Waals surface area (Å²) in [5, 5.41) is 0. The van der Waals surface area contributed by atoms with Crippen molar-refractivity contribution in [2.24, 2.45) is 0 Å². The largest absolute Gasteiger partial charge is 0.416 e. The minimum atomic E-state index is -4.45. The standard InChI is InChI=1S/C13H13F3N2O2/c1-17(8-19)11-5-6-18(12(11)20)10-4-2-3-9(7-10)13(14,15)16/h2-4,7-8,11H,5-6H2,1H3. The minimum absolute atomic E-state index is 0.201. The Morgan fingerprint density at radius 3 is 2.70 bits per heavy atom. The monoisotopic (exact) mass is 286 g/mol. The molecule has 1 heterocycles. The lowest BCUT2D eigenvalue weighted by Gasteiger charge is -2.21. The second kappa shape index (κ2) is 5.15. The van der Waals surface area contributed by atoms with Crippen LogP contribution in [0.15, 0.2) is 24.3 Å². The summed E-state index contributed by atoms with van der Waals surface area (Å²) >= 11 is 0. The smallest absolute Gasteiger partial charge is 0.336 e. The van der Waals surface area contributed by atoms with Crippen molar-refractivity contribution in [3.05, 3.63) is 29.8 Å². The van der Waals surface area contributed by atoms with Crippen molar-refractivity contribution in [1.82, 2.24) is 4.90 Å². The lowest BCUT2D eigenvalue weighted by molar-refractivity contribution is -0.137. The first-order chi connectivity index (χ1) is 9.34. The van der Waals surface area contributed by atoms with E-state index in [0.29, 0.717) is 19.4 Å². The third-order valence-corrected chi connectivity index (χ3v) is 3.32. The van der Waals surface area contributed by atoms with Gasteiger partial charge < -0.3 is 9.80 Å². The van der Waals surface area contributed by atoms with Crippen LogP contribution in [0.3, 0.4) is 0 Å². The van der Waals surface area contributed by atoms with Crippen molar-refractivity contribution < 1.29 is 22.8 Å². The number of carbonyl (C=O) groups excluding carboxylic acids is 2. The summed E-state index contributed by atoms with van der Waals surface area (Å²) in [4.78, 5) is 25.3. The molecule has 0 N–H and O–H groups in total. The summed E-state index contributed by atoms with van der Waals surface area (Å²) in [5.41, 5.74) is -0.596. The van der Waals surface area contributed by atoms with Gasteiger partial charge in [-0.1, -0.05) is 6.07 Å². The molecule has 2 rings (SSSR count). The summed E-state index contributed by atoms with van der Waals surface area (Å²) in [5.74, 6) is -0.362. The number of hydrogen-bond acceptors (Lipinski definition) is 2. The van der Waals surface area contributed by atoms with Crippen molar-refractivity contribution in [2.45, 2.75) is 18.6 Å². The van der Waals surface area contributed by atoms with Gasteiger partial charge in [0.1, 0.15) is 6.04 Å². The van der Waals surface area contributed by atoms with Gasteiger partial charge in [-0.15, -0.1) is 0 Å². The minimum Gasteiger partial charge on any atom is -0.336 e. The summed E-state index contributed by atoms with van der Waals surface area (Å²) in [6.45, 7) is 0.295. The van der Waals surface area contributed by atoms with Crippen molar-refractivity contribution >= 4 is 18.0 Å². The molecular weight excluding hydrogens is 273 g/mol. The van der Waals surface area contributed by atoms with Crippen LogP contribution in [0.25, 0.3) is 0 Å². The Kier molecular flexibility index (Phi) is 3.69. The molecule has 0 aromatic heterocycles. The summed E-state index contributed by atoms with van der Waals surface area (Å²) in [6.07, 6.45) is -3.50. The Bertz CT molecular complexity index is 531. The van der Waals surface area contributed by atoms with E-state index in [9.17, 15) is 22.8 Å². The Labute approximate surface area is 113 Å². The van der Waals surface area contributed by atoms with E-state index >= 15 is 0 Å². The third kappa shape index (κ3) is 2.61. The fraction of sp³-hybridized carbons (Fsp3) is 0.385. The van der Waals surface area contributed by atoms with E-state index in [-0.39, 0.29) is 11.6 Å². The molecule has 1 atom stereocenters. The Morgan fingerprint density at radius 2 is 2.10 bits per heavy atom. The average molecular weight is 286 g/mol. The second-order valence-electron chi connectivity index (χ2n) is 4.61. The molecule has 1 fully saturated rings. The highest BCUT2D eigenvalue weighted by Crippen LogP contribution is 2.33. The first-order valence-corrected chi connectivity index (χ1v) is 6.00. The molecule has 1 unspecified atom stereocenters. The molecule has 0 spiro atoms. The maximum atomic E-state index is 12.7. The Balaban J connectivity index is 2.25. The first-order valence-electron chi connectivity index (χ1n) is 6.00. The molecular formula is C13H13F3N2O2. The number of carbonyl (C=O) groups is 2. The van der Waals surface area contributed by atoms with Crippen LogP contribution in [-0.2, 0) is 15.8 Å². The fourth-order valence-electron chi connectivity index (χ4n) is 2.22. The molecule has 1 saturated heterocycles. The first kappa shape index (κ1) is 14.4. The predicted molar refractivity (Wildman–Crippen MR) is 66.0 cm³/mol. The van der Waals surface area contributed by atoms with Crippen LogP contribution in [0.4, 0.5) is 18.9 Å². The number of alkyl halides is 3. The Hall–Kier alpha value is -2.05. The summed E-state index contributed by atoms with van der Waals surface area (Å²) in [7, 11) is 1.48. The molecule has 7 heteroatoms. The quantitative estimate of drug-likeness (QED) is 0.796. The molecule has 1 aliphatic rings. The molecule has 1 aliphatic heterocycles. The highest BCUT2D eigenvalue weighted by atomic mass is 19.4. The molecule has 0 radical (unpaired) electrons. The van der Waals surface area contributed by atoms with Crippen LogP contribution < -0.4 is 4.90 Å². The number of anilines is 1. The zero-order valence-electron chi connectivity index (χ0n) is 10.7. The van der Waals surface area contributed by atoms with E-state index < -0.39 is 17.8 Å². The molecule has 2 amide bonds. The molecule has 1 aromatic rings. The topological polar surface area (TPSA) is 40.6 Å². The number of rotatable bonds is 3. The lowest BCUT2D eigenvalue weighted by atomic mass is 10.2. The van der Waals surface area contributed by atoms with E-state index in [1.807, 2.05) is 0 Å². The van der Waals surface area contributed by atoms with Gasteiger partial charge in [-0.3, -0.25) is 9.59 Å². The van der Waals surface area contributed by atoms with Gasteiger partial charge >= 0.3 is 6.18 Å². The van der Waals surface area contributed by atoms with Gasteiger partial charge in [0.15, 0.2) is 0 Å². The van der Waals surface area contributed by atoms with Gasteiger partial charge in [0, 0.05) is 19.3 Å². The number of halogens is 3. The van der Waals surface area contributed by atoms with Crippen molar-refractivity contribution in [1.29, 1.82) is 0 Å². The van der Waals surface area contributed by atoms with Gasteiger partial charge in [0.25, 0.3) is 0 Å². The number of hydrogen-bond donors (Lipinski definition) is 0. The second-order valence-corrected chi connectivity index (χ2v) is 4.61. The summed E-state index contributed by atoms with van der Waals surface area (Å²) < 4.78 is 38.0. The molecule has 20 heavy (non-hydrogen) atoms. The molecule has 1 aromatic carbocycles. The van der Waals surface area contributed by atoms with Gasteiger partial charge in [0.05, 0.1) is 5.56 Å². The van der Waals surface area contributed by atoms with Crippen LogP contribution in [0.1, 0.15) is 12.0 Å². The molecule has 108 valence electrons. The highest BCUT2D eigenvalue weighted by Gasteiger charge is 2.36. The summed E-state index contributed by atoms with van der Waals surface area (Å²) in [6, 6.07) is 4.01. The lowest BCUT2D eigenvalue weighted by Crippen LogP contribution is -2.39. The molecule has 0 saturated carbocycles. The fourth-order valence-corrected chi connectivity index (χ4v) is 2.22. The maximum absolute atomic E-state index is 12.7. The van der Waals surface area contributed by atoms with Crippen molar-refractivity contribution in [3.8, 4) is 0 Å². The van der Waals surface area contributed by atoms with E-state index in [0.717, 1.165) is 12.1 Å². The van der Waals surface area contributed by atoms with Crippen LogP contribution in [0.5, 0.6) is 0 Å². The number of benzene rings is 1. The van der Waals surface area contributed by atoms with Crippen LogP contribution in [0.2, 0.25) is 0 Å². The normalized spacial score (nSPS) is 19.3. The molecule has 0 bridgehead atoms. The van der Waals surface area contributed by atoms with Crippen molar-refractivity contribution in [3.63, 3.8) is 0 Å². The van der Waals surface area contributed by atoms with E-state index in [1.165, 1.54) is 29.0 Å². The number of amides is 2. The zero-order valence-corrected chi connectivity index (χ0v) is 10.7. The van der Waals surface area contributed by atoms with Crippen LogP contribution in [-0.4, -0.2) is 36.9 Å². The van der Waals surface area contributed by atoms with Crippen molar-refractivity contribution in [2.75, 3.05) is 18.5 Å². The van der Waals surface area contributed by atoms with Gasteiger partial charge in [0.2, 0.25) is 12.3 Å². The molecule has 0 aliphatic carbocycles.